The molecule has 102 valence electrons. The summed E-state index contributed by atoms with van der Waals surface area (Å²) in [6.45, 7) is 0. The number of anilines is 1. The van der Waals surface area contributed by atoms with E-state index in [0.29, 0.717) is 11.3 Å². The minimum Gasteiger partial charge on any atom is -0.397 e. The van der Waals surface area contributed by atoms with Crippen molar-refractivity contribution in [2.75, 3.05) is 5.73 Å². The van der Waals surface area contributed by atoms with E-state index in [0.717, 1.165) is 10.9 Å². The number of hydrogen-bond acceptors (Lipinski definition) is 3. The molecule has 0 spiro atoms. The molecule has 0 atom stereocenters. The Morgan fingerprint density at radius 1 is 1.05 bits per heavy atom. The summed E-state index contributed by atoms with van der Waals surface area (Å²) in [5.41, 5.74) is 8.06. The van der Waals surface area contributed by atoms with E-state index in [1.54, 1.807) is 12.1 Å². The van der Waals surface area contributed by atoms with E-state index in [-0.39, 0.29) is 10.6 Å². The van der Waals surface area contributed by atoms with Gasteiger partial charge in [-0.3, -0.25) is 4.55 Å². The van der Waals surface area contributed by atoms with E-state index in [1.807, 2.05) is 30.3 Å². The van der Waals surface area contributed by atoms with Crippen LogP contribution in [0.15, 0.2) is 53.4 Å². The number of aromatic nitrogens is 1. The predicted molar refractivity (Wildman–Crippen MR) is 78.0 cm³/mol. The average Bonchev–Trinajstić information content (AvgIpc) is 2.81. The molecule has 0 bridgehead atoms. The van der Waals surface area contributed by atoms with Crippen LogP contribution in [0.4, 0.5) is 5.69 Å². The van der Waals surface area contributed by atoms with Crippen LogP contribution < -0.4 is 5.73 Å². The molecule has 0 radical (unpaired) electrons. The Balaban J connectivity index is 2.24. The maximum Gasteiger partial charge on any atom is 0.296 e. The van der Waals surface area contributed by atoms with Gasteiger partial charge in [0.2, 0.25) is 0 Å². The van der Waals surface area contributed by atoms with Crippen molar-refractivity contribution in [2.24, 2.45) is 0 Å². The van der Waals surface area contributed by atoms with Gasteiger partial charge < -0.3 is 10.7 Å². The lowest BCUT2D eigenvalue weighted by molar-refractivity contribution is 0.483. The number of hydrogen-bond donors (Lipinski definition) is 3. The Morgan fingerprint density at radius 2 is 1.80 bits per heavy atom. The number of fused-ring (bicyclic) bond motifs is 1. The molecular formula is C14H12N2O3S. The van der Waals surface area contributed by atoms with Gasteiger partial charge in [-0.15, -0.1) is 0 Å². The highest BCUT2D eigenvalue weighted by molar-refractivity contribution is 7.86. The summed E-state index contributed by atoms with van der Waals surface area (Å²) < 4.78 is 31.7. The minimum absolute atomic E-state index is 0.0292. The lowest BCUT2D eigenvalue weighted by Gasteiger charge is -2.07. The zero-order valence-corrected chi connectivity index (χ0v) is 11.2. The Hall–Kier alpha value is -2.31. The number of nitrogen functional groups attached to an aromatic ring is 1. The molecule has 0 saturated heterocycles. The third kappa shape index (κ3) is 2.04. The average molecular weight is 288 g/mol. The van der Waals surface area contributed by atoms with Gasteiger partial charge >= 0.3 is 0 Å². The third-order valence-electron chi connectivity index (χ3n) is 3.16. The molecule has 0 saturated carbocycles. The summed E-state index contributed by atoms with van der Waals surface area (Å²) in [5, 5.41) is 0.999. The highest BCUT2D eigenvalue weighted by Gasteiger charge is 2.17. The van der Waals surface area contributed by atoms with Crippen molar-refractivity contribution in [3.05, 3.63) is 48.5 Å². The number of rotatable bonds is 2. The van der Waals surface area contributed by atoms with Crippen LogP contribution in [0.2, 0.25) is 0 Å². The number of nitrogens with one attached hydrogen (secondary N) is 1. The molecule has 1 aromatic heterocycles. The molecule has 3 aromatic rings. The van der Waals surface area contributed by atoms with Gasteiger partial charge in [0.25, 0.3) is 10.1 Å². The van der Waals surface area contributed by atoms with Crippen LogP contribution in [0.5, 0.6) is 0 Å². The first-order valence-corrected chi connectivity index (χ1v) is 7.35. The fourth-order valence-corrected chi connectivity index (χ4v) is 2.86. The lowest BCUT2D eigenvalue weighted by Crippen LogP contribution is -2.04. The van der Waals surface area contributed by atoms with Crippen molar-refractivity contribution < 1.29 is 13.0 Å². The van der Waals surface area contributed by atoms with Crippen LogP contribution in [-0.4, -0.2) is 18.0 Å². The Morgan fingerprint density at radius 3 is 2.50 bits per heavy atom. The van der Waals surface area contributed by atoms with Crippen molar-refractivity contribution in [2.45, 2.75) is 4.90 Å². The molecule has 0 aliphatic carbocycles. The topological polar surface area (TPSA) is 96.2 Å². The second-order valence-electron chi connectivity index (χ2n) is 4.46. The van der Waals surface area contributed by atoms with Crippen LogP contribution in [0.3, 0.4) is 0 Å². The van der Waals surface area contributed by atoms with Crippen LogP contribution in [0, 0.1) is 0 Å². The van der Waals surface area contributed by atoms with E-state index in [4.69, 9.17) is 10.3 Å². The van der Waals surface area contributed by atoms with E-state index < -0.39 is 10.1 Å². The summed E-state index contributed by atoms with van der Waals surface area (Å²) >= 11 is 0. The first kappa shape index (κ1) is 12.7. The summed E-state index contributed by atoms with van der Waals surface area (Å²) in [6, 6.07) is 14.1. The van der Waals surface area contributed by atoms with Gasteiger partial charge in [-0.25, -0.2) is 0 Å². The van der Waals surface area contributed by atoms with Crippen molar-refractivity contribution in [1.82, 2.24) is 4.98 Å². The third-order valence-corrected chi connectivity index (χ3v) is 4.08. The molecule has 0 aliphatic heterocycles. The van der Waals surface area contributed by atoms with Gasteiger partial charge in [-0.1, -0.05) is 30.3 Å². The molecule has 5 nitrogen and oxygen atoms in total. The summed E-state index contributed by atoms with van der Waals surface area (Å²) in [7, 11) is -4.33. The minimum atomic E-state index is -4.33. The van der Waals surface area contributed by atoms with Crippen molar-refractivity contribution >= 4 is 26.7 Å². The normalized spacial score (nSPS) is 11.8. The molecule has 6 heteroatoms. The summed E-state index contributed by atoms with van der Waals surface area (Å²) in [6.07, 6.45) is 0. The van der Waals surface area contributed by atoms with Crippen molar-refractivity contribution in [1.29, 1.82) is 0 Å². The summed E-state index contributed by atoms with van der Waals surface area (Å²) in [5.74, 6) is 0. The van der Waals surface area contributed by atoms with Crippen LogP contribution in [0.1, 0.15) is 0 Å². The standard InChI is InChI=1S/C14H12N2O3S/c15-14-10(5-3-7-13(14)20(17,18)19)12-8-9-4-1-2-6-11(9)16-12/h1-8,16H,15H2,(H,17,18,19). The van der Waals surface area contributed by atoms with E-state index in [1.165, 1.54) is 6.07 Å². The lowest BCUT2D eigenvalue weighted by atomic mass is 10.1. The van der Waals surface area contributed by atoms with Gasteiger partial charge in [0.15, 0.2) is 0 Å². The van der Waals surface area contributed by atoms with Crippen LogP contribution >= 0.6 is 0 Å². The Kier molecular flexibility index (Phi) is 2.77. The van der Waals surface area contributed by atoms with E-state index in [2.05, 4.69) is 4.98 Å². The molecule has 2 aromatic carbocycles. The number of H-pyrrole nitrogens is 1. The van der Waals surface area contributed by atoms with Gasteiger partial charge in [0, 0.05) is 22.2 Å². The van der Waals surface area contributed by atoms with Gasteiger partial charge in [0.05, 0.1) is 5.69 Å². The zero-order valence-electron chi connectivity index (χ0n) is 10.4. The first-order valence-electron chi connectivity index (χ1n) is 5.91. The molecule has 1 heterocycles. The second-order valence-corrected chi connectivity index (χ2v) is 5.85. The van der Waals surface area contributed by atoms with Crippen molar-refractivity contribution in [3.63, 3.8) is 0 Å². The molecule has 4 N–H and O–H groups in total. The Bertz CT molecular complexity index is 865. The van der Waals surface area contributed by atoms with E-state index in [9.17, 15) is 8.42 Å². The SMILES string of the molecule is Nc1c(-c2cc3ccccc3[nH]2)cccc1S(=O)(=O)O. The fraction of sp³-hybridized carbons (Fsp3) is 0. The smallest absolute Gasteiger partial charge is 0.296 e. The number of nitrogens with two attached hydrogens (primary N) is 1. The second kappa shape index (κ2) is 4.36. The highest BCUT2D eigenvalue weighted by atomic mass is 32.2. The fourth-order valence-electron chi connectivity index (χ4n) is 2.22. The number of aromatic amines is 1. The largest absolute Gasteiger partial charge is 0.397 e. The number of para-hydroxylation sites is 2. The van der Waals surface area contributed by atoms with Crippen LogP contribution in [0.25, 0.3) is 22.2 Å². The quantitative estimate of drug-likeness (QED) is 0.499. The monoisotopic (exact) mass is 288 g/mol. The van der Waals surface area contributed by atoms with Gasteiger partial charge in [0.1, 0.15) is 4.90 Å². The van der Waals surface area contributed by atoms with Crippen LogP contribution in [-0.2, 0) is 10.1 Å². The Labute approximate surface area is 115 Å². The molecular weight excluding hydrogens is 276 g/mol. The van der Waals surface area contributed by atoms with Crippen molar-refractivity contribution in [3.8, 4) is 11.3 Å². The molecule has 0 amide bonds. The van der Waals surface area contributed by atoms with Gasteiger partial charge in [-0.2, -0.15) is 8.42 Å². The molecule has 20 heavy (non-hydrogen) atoms. The molecule has 0 aliphatic rings. The first-order chi connectivity index (χ1) is 9.47. The van der Waals surface area contributed by atoms with E-state index >= 15 is 0 Å². The van der Waals surface area contributed by atoms with Gasteiger partial charge in [-0.05, 0) is 18.2 Å². The molecule has 0 fully saturated rings. The maximum atomic E-state index is 11.3. The predicted octanol–water partition coefficient (Wildman–Crippen LogP) is 2.66. The summed E-state index contributed by atoms with van der Waals surface area (Å²) in [4.78, 5) is 2.89. The zero-order chi connectivity index (χ0) is 14.3. The highest BCUT2D eigenvalue weighted by Crippen LogP contribution is 2.32. The number of benzene rings is 2. The molecule has 3 rings (SSSR count). The molecule has 0 unspecified atom stereocenters. The maximum absolute atomic E-state index is 11.3.